The Morgan fingerprint density at radius 3 is 2.94 bits per heavy atom. The number of pyridine rings is 1. The Morgan fingerprint density at radius 2 is 2.44 bits per heavy atom. The highest BCUT2D eigenvalue weighted by atomic mass is 16.1. The van der Waals surface area contributed by atoms with Gasteiger partial charge in [-0.05, 0) is 31.5 Å². The van der Waals surface area contributed by atoms with E-state index < -0.39 is 5.91 Å². The summed E-state index contributed by atoms with van der Waals surface area (Å²) in [5.74, 6) is 0.495. The number of hydrogen-bond donors (Lipinski definition) is 2. The van der Waals surface area contributed by atoms with Gasteiger partial charge in [-0.1, -0.05) is 6.92 Å². The lowest BCUT2D eigenvalue weighted by atomic mass is 10.2. The van der Waals surface area contributed by atoms with Gasteiger partial charge in [0.1, 0.15) is 5.82 Å². The first-order valence-electron chi connectivity index (χ1n) is 6.45. The smallest absolute Gasteiger partial charge is 0.250 e. The molecule has 1 amide bonds. The molecule has 5 heteroatoms. The fourth-order valence-corrected chi connectivity index (χ4v) is 2.33. The number of carbonyl (C=O) groups excluding carboxylic acids is 1. The molecule has 5 nitrogen and oxygen atoms in total. The standard InChI is InChI=1S/C13H20N4O/c1-2-7-17(11-5-6-15-9-11)12-4-3-10(8-16-12)13(14)18/h3-4,8,11,15H,2,5-7,9H2,1H3,(H2,14,18). The third-order valence-corrected chi connectivity index (χ3v) is 3.27. The molecule has 1 saturated heterocycles. The maximum absolute atomic E-state index is 11.0. The van der Waals surface area contributed by atoms with Gasteiger partial charge in [-0.2, -0.15) is 0 Å². The quantitative estimate of drug-likeness (QED) is 0.807. The van der Waals surface area contributed by atoms with Crippen LogP contribution in [-0.4, -0.2) is 36.6 Å². The number of aromatic nitrogens is 1. The second-order valence-corrected chi connectivity index (χ2v) is 4.61. The number of nitrogens with zero attached hydrogens (tertiary/aromatic N) is 2. The van der Waals surface area contributed by atoms with Crippen LogP contribution in [0.25, 0.3) is 0 Å². The lowest BCUT2D eigenvalue weighted by Gasteiger charge is -2.29. The van der Waals surface area contributed by atoms with Crippen LogP contribution in [0.3, 0.4) is 0 Å². The normalized spacial score (nSPS) is 18.8. The van der Waals surface area contributed by atoms with E-state index in [1.165, 1.54) is 0 Å². The summed E-state index contributed by atoms with van der Waals surface area (Å²) in [5.41, 5.74) is 5.68. The molecular weight excluding hydrogens is 228 g/mol. The van der Waals surface area contributed by atoms with Gasteiger partial charge in [0, 0.05) is 25.3 Å². The molecule has 0 saturated carbocycles. The molecule has 1 aromatic heterocycles. The molecule has 0 aliphatic carbocycles. The van der Waals surface area contributed by atoms with Crippen molar-refractivity contribution in [1.82, 2.24) is 10.3 Å². The molecule has 0 aromatic carbocycles. The molecule has 18 heavy (non-hydrogen) atoms. The Balaban J connectivity index is 2.16. The predicted octanol–water partition coefficient (Wildman–Crippen LogP) is 0.759. The van der Waals surface area contributed by atoms with Crippen LogP contribution >= 0.6 is 0 Å². The summed E-state index contributed by atoms with van der Waals surface area (Å²) in [6, 6.07) is 4.13. The van der Waals surface area contributed by atoms with Crippen LogP contribution < -0.4 is 16.0 Å². The van der Waals surface area contributed by atoms with E-state index in [9.17, 15) is 4.79 Å². The van der Waals surface area contributed by atoms with E-state index in [2.05, 4.69) is 22.1 Å². The van der Waals surface area contributed by atoms with Gasteiger partial charge < -0.3 is 16.0 Å². The zero-order valence-corrected chi connectivity index (χ0v) is 10.7. The second kappa shape index (κ2) is 5.82. The van der Waals surface area contributed by atoms with Gasteiger partial charge in [0.25, 0.3) is 0 Å². The molecule has 2 rings (SSSR count). The van der Waals surface area contributed by atoms with Crippen molar-refractivity contribution in [2.75, 3.05) is 24.5 Å². The molecule has 3 N–H and O–H groups in total. The summed E-state index contributed by atoms with van der Waals surface area (Å²) < 4.78 is 0. The first-order valence-corrected chi connectivity index (χ1v) is 6.45. The molecule has 1 aliphatic rings. The van der Waals surface area contributed by atoms with Crippen LogP contribution in [0.5, 0.6) is 0 Å². The molecule has 1 unspecified atom stereocenters. The van der Waals surface area contributed by atoms with E-state index in [1.54, 1.807) is 12.3 Å². The summed E-state index contributed by atoms with van der Waals surface area (Å²) in [7, 11) is 0. The highest BCUT2D eigenvalue weighted by molar-refractivity contribution is 5.92. The molecule has 0 radical (unpaired) electrons. The van der Waals surface area contributed by atoms with Crippen LogP contribution in [0.2, 0.25) is 0 Å². The number of rotatable bonds is 5. The van der Waals surface area contributed by atoms with Crippen LogP contribution in [0.15, 0.2) is 18.3 Å². The van der Waals surface area contributed by atoms with Crippen LogP contribution in [0.1, 0.15) is 30.1 Å². The zero-order chi connectivity index (χ0) is 13.0. The number of carbonyl (C=O) groups is 1. The van der Waals surface area contributed by atoms with Gasteiger partial charge in [0.2, 0.25) is 5.91 Å². The molecular formula is C13H20N4O. The molecule has 0 spiro atoms. The molecule has 2 heterocycles. The maximum atomic E-state index is 11.0. The second-order valence-electron chi connectivity index (χ2n) is 4.61. The molecule has 1 aliphatic heterocycles. The zero-order valence-electron chi connectivity index (χ0n) is 10.7. The lowest BCUT2D eigenvalue weighted by molar-refractivity contribution is 0.1000. The number of primary amides is 1. The summed E-state index contributed by atoms with van der Waals surface area (Å²) >= 11 is 0. The minimum absolute atomic E-state index is 0.432. The SMILES string of the molecule is CCCN(c1ccc(C(N)=O)cn1)C1CCNC1. The third-order valence-electron chi connectivity index (χ3n) is 3.27. The van der Waals surface area contributed by atoms with Crippen molar-refractivity contribution in [2.45, 2.75) is 25.8 Å². The van der Waals surface area contributed by atoms with Crippen molar-refractivity contribution in [3.05, 3.63) is 23.9 Å². The Hall–Kier alpha value is -1.62. The van der Waals surface area contributed by atoms with Crippen molar-refractivity contribution in [3.8, 4) is 0 Å². The molecule has 0 bridgehead atoms. The number of nitrogens with two attached hydrogens (primary N) is 1. The van der Waals surface area contributed by atoms with Gasteiger partial charge in [-0.25, -0.2) is 4.98 Å². The van der Waals surface area contributed by atoms with E-state index in [-0.39, 0.29) is 0 Å². The summed E-state index contributed by atoms with van der Waals surface area (Å²) in [6.45, 7) is 5.20. The first kappa shape index (κ1) is 12.8. The number of nitrogens with one attached hydrogen (secondary N) is 1. The molecule has 1 aromatic rings. The van der Waals surface area contributed by atoms with Gasteiger partial charge in [0.05, 0.1) is 5.56 Å². The average Bonchev–Trinajstić information content (AvgIpc) is 2.90. The van der Waals surface area contributed by atoms with E-state index in [0.717, 1.165) is 38.3 Å². The molecule has 1 fully saturated rings. The summed E-state index contributed by atoms with van der Waals surface area (Å²) in [5, 5.41) is 3.37. The molecule has 1 atom stereocenters. The fourth-order valence-electron chi connectivity index (χ4n) is 2.33. The Labute approximate surface area is 107 Å². The van der Waals surface area contributed by atoms with Gasteiger partial charge in [0.15, 0.2) is 0 Å². The van der Waals surface area contributed by atoms with Crippen molar-refractivity contribution in [2.24, 2.45) is 5.73 Å². The minimum atomic E-state index is -0.432. The van der Waals surface area contributed by atoms with E-state index >= 15 is 0 Å². The van der Waals surface area contributed by atoms with E-state index in [0.29, 0.717) is 11.6 Å². The van der Waals surface area contributed by atoms with Crippen molar-refractivity contribution in [3.63, 3.8) is 0 Å². The predicted molar refractivity (Wildman–Crippen MR) is 71.7 cm³/mol. The monoisotopic (exact) mass is 248 g/mol. The first-order chi connectivity index (χ1) is 8.72. The van der Waals surface area contributed by atoms with Gasteiger partial charge in [-0.15, -0.1) is 0 Å². The fraction of sp³-hybridized carbons (Fsp3) is 0.538. The van der Waals surface area contributed by atoms with Gasteiger partial charge in [-0.3, -0.25) is 4.79 Å². The van der Waals surface area contributed by atoms with Crippen molar-refractivity contribution < 1.29 is 4.79 Å². The van der Waals surface area contributed by atoms with Crippen LogP contribution in [0.4, 0.5) is 5.82 Å². The highest BCUT2D eigenvalue weighted by Gasteiger charge is 2.22. The maximum Gasteiger partial charge on any atom is 0.250 e. The van der Waals surface area contributed by atoms with E-state index in [4.69, 9.17) is 5.73 Å². The minimum Gasteiger partial charge on any atom is -0.366 e. The Bertz CT molecular complexity index is 398. The lowest BCUT2D eigenvalue weighted by Crippen LogP contribution is -2.38. The van der Waals surface area contributed by atoms with Crippen LogP contribution in [0, 0.1) is 0 Å². The Kier molecular flexibility index (Phi) is 4.15. The van der Waals surface area contributed by atoms with E-state index in [1.807, 2.05) is 6.07 Å². The Morgan fingerprint density at radius 1 is 1.61 bits per heavy atom. The van der Waals surface area contributed by atoms with Gasteiger partial charge >= 0.3 is 0 Å². The topological polar surface area (TPSA) is 71.2 Å². The summed E-state index contributed by atoms with van der Waals surface area (Å²) in [4.78, 5) is 17.7. The van der Waals surface area contributed by atoms with Crippen molar-refractivity contribution >= 4 is 11.7 Å². The largest absolute Gasteiger partial charge is 0.366 e. The van der Waals surface area contributed by atoms with Crippen molar-refractivity contribution in [1.29, 1.82) is 0 Å². The number of amides is 1. The highest BCUT2D eigenvalue weighted by Crippen LogP contribution is 2.18. The number of anilines is 1. The average molecular weight is 248 g/mol. The van der Waals surface area contributed by atoms with Crippen LogP contribution in [-0.2, 0) is 0 Å². The summed E-state index contributed by atoms with van der Waals surface area (Å²) in [6.07, 6.45) is 3.78. The molecule has 98 valence electrons. The number of hydrogen-bond acceptors (Lipinski definition) is 4. The third kappa shape index (κ3) is 2.79.